The fraction of sp³-hybridized carbons (Fsp3) is 0. The van der Waals surface area contributed by atoms with E-state index in [1.165, 1.54) is 63.3 Å². The van der Waals surface area contributed by atoms with Gasteiger partial charge in [0.15, 0.2) is 17.5 Å². The van der Waals surface area contributed by atoms with Crippen molar-refractivity contribution in [2.45, 2.75) is 0 Å². The molecule has 11 rings (SSSR count). The summed E-state index contributed by atoms with van der Waals surface area (Å²) in [4.78, 5) is 15.9. The highest BCUT2D eigenvalue weighted by Crippen LogP contribution is 2.48. The Balaban J connectivity index is 1.28. The van der Waals surface area contributed by atoms with E-state index in [1.54, 1.807) is 0 Å². The van der Waals surface area contributed by atoms with Crippen molar-refractivity contribution in [2.75, 3.05) is 0 Å². The molecule has 2 aromatic heterocycles. The van der Waals surface area contributed by atoms with Crippen LogP contribution in [0.3, 0.4) is 0 Å². The molecule has 51 heavy (non-hydrogen) atoms. The number of hydrogen-bond acceptors (Lipinski definition) is 4. The van der Waals surface area contributed by atoms with Gasteiger partial charge in [-0.2, -0.15) is 0 Å². The molecule has 0 aliphatic rings. The van der Waals surface area contributed by atoms with Crippen LogP contribution < -0.4 is 0 Å². The van der Waals surface area contributed by atoms with Crippen LogP contribution in [0.1, 0.15) is 0 Å². The van der Waals surface area contributed by atoms with Crippen molar-refractivity contribution in [3.8, 4) is 34.2 Å². The lowest BCUT2D eigenvalue weighted by Crippen LogP contribution is -2.01. The molecule has 0 unspecified atom stereocenters. The summed E-state index contributed by atoms with van der Waals surface area (Å²) in [6.07, 6.45) is 0. The Labute approximate surface area is 297 Å². The van der Waals surface area contributed by atoms with Gasteiger partial charge in [-0.1, -0.05) is 140 Å². The highest BCUT2D eigenvalue weighted by Gasteiger charge is 2.21. The van der Waals surface area contributed by atoms with E-state index in [0.29, 0.717) is 17.5 Å². The molecule has 236 valence electrons. The second kappa shape index (κ2) is 11.0. The summed E-state index contributed by atoms with van der Waals surface area (Å²) in [5.74, 6) is 1.99. The van der Waals surface area contributed by atoms with Gasteiger partial charge in [-0.05, 0) is 72.7 Å². The minimum Gasteiger partial charge on any atom is -0.208 e. The van der Waals surface area contributed by atoms with Crippen molar-refractivity contribution >= 4 is 85.4 Å². The summed E-state index contributed by atoms with van der Waals surface area (Å²) in [6, 6.07) is 58.5. The highest BCUT2D eigenvalue weighted by molar-refractivity contribution is 7.27. The van der Waals surface area contributed by atoms with Gasteiger partial charge in [-0.3, -0.25) is 0 Å². The Kier molecular flexibility index (Phi) is 6.12. The molecule has 0 aliphatic heterocycles. The molecular formula is C47H27N3S. The molecule has 11 aromatic rings. The first kappa shape index (κ1) is 28.4. The maximum absolute atomic E-state index is 5.34. The summed E-state index contributed by atoms with van der Waals surface area (Å²) >= 11 is 1.86. The quantitative estimate of drug-likeness (QED) is 0.176. The number of benzene rings is 9. The third-order valence-electron chi connectivity index (χ3n) is 10.2. The van der Waals surface area contributed by atoms with Crippen LogP contribution >= 0.6 is 11.3 Å². The number of aromatic nitrogens is 3. The first-order chi connectivity index (χ1) is 25.2. The number of thiophene rings is 1. The molecule has 9 aromatic carbocycles. The lowest BCUT2D eigenvalue weighted by Gasteiger charge is -2.13. The Hall–Kier alpha value is -6.49. The first-order valence-electron chi connectivity index (χ1n) is 17.2. The van der Waals surface area contributed by atoms with Crippen molar-refractivity contribution < 1.29 is 0 Å². The van der Waals surface area contributed by atoms with E-state index < -0.39 is 0 Å². The van der Waals surface area contributed by atoms with Crippen LogP contribution in [0.4, 0.5) is 0 Å². The molecule has 0 saturated carbocycles. The van der Waals surface area contributed by atoms with Crippen LogP contribution in [0.5, 0.6) is 0 Å². The second-order valence-corrected chi connectivity index (χ2v) is 14.3. The zero-order valence-corrected chi connectivity index (χ0v) is 28.2. The van der Waals surface area contributed by atoms with Gasteiger partial charge in [0.25, 0.3) is 0 Å². The van der Waals surface area contributed by atoms with Crippen LogP contribution in [0.25, 0.3) is 108 Å². The zero-order valence-electron chi connectivity index (χ0n) is 27.3. The molecule has 0 amide bonds. The number of fused-ring (bicyclic) bond motifs is 11. The van der Waals surface area contributed by atoms with E-state index in [-0.39, 0.29) is 0 Å². The van der Waals surface area contributed by atoms with E-state index in [1.807, 2.05) is 11.3 Å². The van der Waals surface area contributed by atoms with Gasteiger partial charge in [-0.15, -0.1) is 11.3 Å². The summed E-state index contributed by atoms with van der Waals surface area (Å²) in [5.41, 5.74) is 2.94. The Morgan fingerprint density at radius 2 is 0.804 bits per heavy atom. The Morgan fingerprint density at radius 1 is 0.333 bits per heavy atom. The average molecular weight is 666 g/mol. The molecule has 0 spiro atoms. The monoisotopic (exact) mass is 665 g/mol. The van der Waals surface area contributed by atoms with Crippen LogP contribution in [-0.2, 0) is 0 Å². The molecule has 4 heteroatoms. The van der Waals surface area contributed by atoms with Gasteiger partial charge in [-0.25, -0.2) is 15.0 Å². The molecule has 0 bridgehead atoms. The predicted octanol–water partition coefficient (Wildman–Crippen LogP) is 13.0. The van der Waals surface area contributed by atoms with Crippen molar-refractivity contribution in [2.24, 2.45) is 0 Å². The van der Waals surface area contributed by atoms with Crippen molar-refractivity contribution in [1.29, 1.82) is 0 Å². The molecule has 2 heterocycles. The smallest absolute Gasteiger partial charge is 0.164 e. The molecule has 0 fully saturated rings. The summed E-state index contributed by atoms with van der Waals surface area (Å²) in [7, 11) is 0. The second-order valence-electron chi connectivity index (χ2n) is 13.2. The first-order valence-corrected chi connectivity index (χ1v) is 18.0. The van der Waals surface area contributed by atoms with Crippen LogP contribution in [0.15, 0.2) is 164 Å². The molecule has 0 saturated heterocycles. The normalized spacial score (nSPS) is 11.9. The van der Waals surface area contributed by atoms with Crippen molar-refractivity contribution in [3.05, 3.63) is 164 Å². The highest BCUT2D eigenvalue weighted by atomic mass is 32.1. The summed E-state index contributed by atoms with van der Waals surface area (Å²) < 4.78 is 2.51. The third-order valence-corrected chi connectivity index (χ3v) is 11.4. The lowest BCUT2D eigenvalue weighted by molar-refractivity contribution is 1.08. The Bertz CT molecular complexity index is 3120. The van der Waals surface area contributed by atoms with Gasteiger partial charge in [0.2, 0.25) is 0 Å². The summed E-state index contributed by atoms with van der Waals surface area (Å²) in [6.45, 7) is 0. The van der Waals surface area contributed by atoms with Crippen molar-refractivity contribution in [3.63, 3.8) is 0 Å². The van der Waals surface area contributed by atoms with E-state index in [0.717, 1.165) is 27.5 Å². The van der Waals surface area contributed by atoms with Crippen LogP contribution in [-0.4, -0.2) is 15.0 Å². The predicted molar refractivity (Wildman–Crippen MR) is 217 cm³/mol. The fourth-order valence-electron chi connectivity index (χ4n) is 7.78. The van der Waals surface area contributed by atoms with E-state index in [9.17, 15) is 0 Å². The third kappa shape index (κ3) is 4.47. The molecule has 0 aliphatic carbocycles. The minimum atomic E-state index is 0.657. The maximum Gasteiger partial charge on any atom is 0.164 e. The zero-order chi connectivity index (χ0) is 33.5. The SMILES string of the molecule is c1ccc2cc(-c3nc(-c4ccc5ccccc5c4)nc(-c4cc5ccc6ccccc6c5c5sc6ccc7ccccc7c6c45)n3)ccc2c1. The molecule has 0 atom stereocenters. The molecule has 0 radical (unpaired) electrons. The standard InChI is InChI=1S/C47H27N3S/c1-3-13-32-25-35(21-17-28(32)9-1)45-48-46(36-22-18-29-10-2-4-14-33(29)26-36)50-47(49-45)39-27-34-20-19-30-11-5-7-15-37(30)41(34)44-43(39)42-38-16-8-6-12-31(38)23-24-40(42)51-44/h1-27H. The molecule has 3 nitrogen and oxygen atoms in total. The minimum absolute atomic E-state index is 0.657. The molecule has 0 N–H and O–H groups in total. The van der Waals surface area contributed by atoms with Crippen molar-refractivity contribution in [1.82, 2.24) is 15.0 Å². The fourth-order valence-corrected chi connectivity index (χ4v) is 9.09. The molecular weight excluding hydrogens is 639 g/mol. The topological polar surface area (TPSA) is 38.7 Å². The van der Waals surface area contributed by atoms with Gasteiger partial charge in [0.1, 0.15) is 0 Å². The average Bonchev–Trinajstić information content (AvgIpc) is 3.60. The van der Waals surface area contributed by atoms with Gasteiger partial charge in [0.05, 0.1) is 0 Å². The van der Waals surface area contributed by atoms with E-state index >= 15 is 0 Å². The van der Waals surface area contributed by atoms with Crippen LogP contribution in [0.2, 0.25) is 0 Å². The van der Waals surface area contributed by atoms with Gasteiger partial charge >= 0.3 is 0 Å². The van der Waals surface area contributed by atoms with E-state index in [4.69, 9.17) is 15.0 Å². The van der Waals surface area contributed by atoms with Gasteiger partial charge in [0, 0.05) is 42.2 Å². The number of nitrogens with zero attached hydrogens (tertiary/aromatic N) is 3. The van der Waals surface area contributed by atoms with Gasteiger partial charge < -0.3 is 0 Å². The Morgan fingerprint density at radius 3 is 1.43 bits per heavy atom. The maximum atomic E-state index is 5.34. The number of hydrogen-bond donors (Lipinski definition) is 0. The van der Waals surface area contributed by atoms with Crippen LogP contribution in [0, 0.1) is 0 Å². The lowest BCUT2D eigenvalue weighted by atomic mass is 9.94. The van der Waals surface area contributed by atoms with E-state index in [2.05, 4.69) is 164 Å². The number of rotatable bonds is 3. The largest absolute Gasteiger partial charge is 0.208 e. The summed E-state index contributed by atoms with van der Waals surface area (Å²) in [5, 5.41) is 14.5.